The Morgan fingerprint density at radius 2 is 1.88 bits per heavy atom. The second kappa shape index (κ2) is 4.88. The van der Waals surface area contributed by atoms with Crippen LogP contribution in [0, 0.1) is 0 Å². The van der Waals surface area contributed by atoms with Gasteiger partial charge in [-0.1, -0.05) is 19.1 Å². The van der Waals surface area contributed by atoms with Crippen molar-refractivity contribution in [2.45, 2.75) is 31.7 Å². The first-order chi connectivity index (χ1) is 7.66. The molecular formula is C14H22N2. The van der Waals surface area contributed by atoms with Gasteiger partial charge in [-0.15, -0.1) is 0 Å². The first kappa shape index (κ1) is 11.5. The molecule has 1 atom stereocenters. The third kappa shape index (κ3) is 2.99. The number of rotatable bonds is 5. The highest BCUT2D eigenvalue weighted by molar-refractivity contribution is 5.46. The zero-order valence-corrected chi connectivity index (χ0v) is 10.5. The average Bonchev–Trinajstić information content (AvgIpc) is 3.10. The summed E-state index contributed by atoms with van der Waals surface area (Å²) in [5, 5.41) is 3.58. The summed E-state index contributed by atoms with van der Waals surface area (Å²) in [6.45, 7) is 3.39. The SMILES string of the molecule is CC(CNC1CC1)c1ccc(N(C)C)cc1. The molecule has 88 valence electrons. The van der Waals surface area contributed by atoms with E-state index in [1.54, 1.807) is 0 Å². The van der Waals surface area contributed by atoms with Crippen LogP contribution in [0.1, 0.15) is 31.2 Å². The Morgan fingerprint density at radius 3 is 2.38 bits per heavy atom. The Kier molecular flexibility index (Phi) is 3.49. The van der Waals surface area contributed by atoms with E-state index in [4.69, 9.17) is 0 Å². The van der Waals surface area contributed by atoms with Crippen LogP contribution >= 0.6 is 0 Å². The van der Waals surface area contributed by atoms with Crippen molar-refractivity contribution in [1.29, 1.82) is 0 Å². The van der Waals surface area contributed by atoms with Gasteiger partial charge in [0.1, 0.15) is 0 Å². The van der Waals surface area contributed by atoms with Crippen molar-refractivity contribution in [3.63, 3.8) is 0 Å². The van der Waals surface area contributed by atoms with Crippen LogP contribution in [0.4, 0.5) is 5.69 Å². The second-order valence-corrected chi connectivity index (χ2v) is 5.07. The molecule has 1 aliphatic rings. The third-order valence-corrected chi connectivity index (χ3v) is 3.27. The molecule has 1 aromatic rings. The molecule has 1 N–H and O–H groups in total. The van der Waals surface area contributed by atoms with Gasteiger partial charge in [0, 0.05) is 32.4 Å². The molecule has 16 heavy (non-hydrogen) atoms. The number of benzene rings is 1. The standard InChI is InChI=1S/C14H22N2/c1-11(10-15-13-6-7-13)12-4-8-14(9-5-12)16(2)3/h4-5,8-9,11,13,15H,6-7,10H2,1-3H3. The van der Waals surface area contributed by atoms with Gasteiger partial charge in [-0.25, -0.2) is 0 Å². The molecule has 0 bridgehead atoms. The van der Waals surface area contributed by atoms with Gasteiger partial charge in [-0.05, 0) is 36.5 Å². The summed E-state index contributed by atoms with van der Waals surface area (Å²) in [6.07, 6.45) is 2.73. The van der Waals surface area contributed by atoms with Crippen LogP contribution < -0.4 is 10.2 Å². The fourth-order valence-corrected chi connectivity index (χ4v) is 1.85. The first-order valence-corrected chi connectivity index (χ1v) is 6.17. The predicted molar refractivity (Wildman–Crippen MR) is 70.2 cm³/mol. The van der Waals surface area contributed by atoms with Crippen molar-refractivity contribution >= 4 is 5.69 Å². The van der Waals surface area contributed by atoms with E-state index in [0.717, 1.165) is 12.6 Å². The lowest BCUT2D eigenvalue weighted by Crippen LogP contribution is -2.22. The third-order valence-electron chi connectivity index (χ3n) is 3.27. The van der Waals surface area contributed by atoms with E-state index in [1.165, 1.54) is 24.1 Å². The van der Waals surface area contributed by atoms with E-state index in [0.29, 0.717) is 5.92 Å². The minimum absolute atomic E-state index is 0.608. The molecule has 1 saturated carbocycles. The fraction of sp³-hybridized carbons (Fsp3) is 0.571. The molecule has 0 spiro atoms. The van der Waals surface area contributed by atoms with Gasteiger partial charge >= 0.3 is 0 Å². The topological polar surface area (TPSA) is 15.3 Å². The minimum atomic E-state index is 0.608. The highest BCUT2D eigenvalue weighted by Crippen LogP contribution is 2.22. The van der Waals surface area contributed by atoms with Crippen molar-refractivity contribution in [3.05, 3.63) is 29.8 Å². The van der Waals surface area contributed by atoms with Gasteiger partial charge in [0.05, 0.1) is 0 Å². The second-order valence-electron chi connectivity index (χ2n) is 5.07. The van der Waals surface area contributed by atoms with Crippen LogP contribution in [0.25, 0.3) is 0 Å². The van der Waals surface area contributed by atoms with Gasteiger partial charge in [-0.3, -0.25) is 0 Å². The number of hydrogen-bond acceptors (Lipinski definition) is 2. The van der Waals surface area contributed by atoms with Crippen LogP contribution in [-0.4, -0.2) is 26.7 Å². The molecule has 0 saturated heterocycles. The molecule has 2 heteroatoms. The summed E-state index contributed by atoms with van der Waals surface area (Å²) in [5.74, 6) is 0.608. The highest BCUT2D eigenvalue weighted by atomic mass is 15.1. The Bertz CT molecular complexity index is 325. The summed E-state index contributed by atoms with van der Waals surface area (Å²) in [5.41, 5.74) is 2.70. The molecule has 2 nitrogen and oxygen atoms in total. The molecular weight excluding hydrogens is 196 g/mol. The van der Waals surface area contributed by atoms with Crippen molar-refractivity contribution < 1.29 is 0 Å². The summed E-state index contributed by atoms with van der Waals surface area (Å²) in [7, 11) is 4.15. The van der Waals surface area contributed by atoms with E-state index >= 15 is 0 Å². The quantitative estimate of drug-likeness (QED) is 0.817. The summed E-state index contributed by atoms with van der Waals surface area (Å²) >= 11 is 0. The van der Waals surface area contributed by atoms with Gasteiger partial charge < -0.3 is 10.2 Å². The predicted octanol–water partition coefficient (Wildman–Crippen LogP) is 2.61. The summed E-state index contributed by atoms with van der Waals surface area (Å²) < 4.78 is 0. The number of anilines is 1. The van der Waals surface area contributed by atoms with Gasteiger partial charge in [0.2, 0.25) is 0 Å². The van der Waals surface area contributed by atoms with Crippen LogP contribution in [0.15, 0.2) is 24.3 Å². The maximum atomic E-state index is 3.58. The molecule has 0 aromatic heterocycles. The zero-order valence-electron chi connectivity index (χ0n) is 10.5. The van der Waals surface area contributed by atoms with Crippen molar-refractivity contribution in [2.75, 3.05) is 25.5 Å². The highest BCUT2D eigenvalue weighted by Gasteiger charge is 2.21. The monoisotopic (exact) mass is 218 g/mol. The number of nitrogens with zero attached hydrogens (tertiary/aromatic N) is 1. The van der Waals surface area contributed by atoms with Crippen molar-refractivity contribution in [3.8, 4) is 0 Å². The van der Waals surface area contributed by atoms with E-state index in [2.05, 4.69) is 55.5 Å². The molecule has 0 heterocycles. The number of nitrogens with one attached hydrogen (secondary N) is 1. The van der Waals surface area contributed by atoms with Gasteiger partial charge in [0.25, 0.3) is 0 Å². The lowest BCUT2D eigenvalue weighted by molar-refractivity contribution is 0.612. The lowest BCUT2D eigenvalue weighted by atomic mass is 10.0. The smallest absolute Gasteiger partial charge is 0.0361 e. The maximum absolute atomic E-state index is 3.58. The molecule has 1 fully saturated rings. The van der Waals surface area contributed by atoms with Crippen LogP contribution in [0.2, 0.25) is 0 Å². The van der Waals surface area contributed by atoms with E-state index in [9.17, 15) is 0 Å². The van der Waals surface area contributed by atoms with E-state index < -0.39 is 0 Å². The largest absolute Gasteiger partial charge is 0.378 e. The van der Waals surface area contributed by atoms with Gasteiger partial charge in [0.15, 0.2) is 0 Å². The number of hydrogen-bond donors (Lipinski definition) is 1. The fourth-order valence-electron chi connectivity index (χ4n) is 1.85. The molecule has 2 rings (SSSR count). The zero-order chi connectivity index (χ0) is 11.5. The molecule has 0 amide bonds. The molecule has 1 unspecified atom stereocenters. The summed E-state index contributed by atoms with van der Waals surface area (Å²) in [6, 6.07) is 9.69. The molecule has 0 radical (unpaired) electrons. The molecule has 0 aliphatic heterocycles. The Labute approximate surface area is 98.7 Å². The normalized spacial score (nSPS) is 17.2. The van der Waals surface area contributed by atoms with Crippen LogP contribution in [-0.2, 0) is 0 Å². The summed E-state index contributed by atoms with van der Waals surface area (Å²) in [4.78, 5) is 2.14. The Balaban J connectivity index is 1.91. The van der Waals surface area contributed by atoms with E-state index in [-0.39, 0.29) is 0 Å². The van der Waals surface area contributed by atoms with Crippen molar-refractivity contribution in [1.82, 2.24) is 5.32 Å². The van der Waals surface area contributed by atoms with Crippen molar-refractivity contribution in [2.24, 2.45) is 0 Å². The van der Waals surface area contributed by atoms with E-state index in [1.807, 2.05) is 0 Å². The average molecular weight is 218 g/mol. The lowest BCUT2D eigenvalue weighted by Gasteiger charge is -2.16. The Hall–Kier alpha value is -1.02. The molecule has 1 aromatic carbocycles. The first-order valence-electron chi connectivity index (χ1n) is 6.17. The maximum Gasteiger partial charge on any atom is 0.0361 e. The van der Waals surface area contributed by atoms with Crippen LogP contribution in [0.5, 0.6) is 0 Å². The minimum Gasteiger partial charge on any atom is -0.378 e. The van der Waals surface area contributed by atoms with Crippen LogP contribution in [0.3, 0.4) is 0 Å². The Morgan fingerprint density at radius 1 is 1.25 bits per heavy atom. The van der Waals surface area contributed by atoms with Gasteiger partial charge in [-0.2, -0.15) is 0 Å². The molecule has 1 aliphatic carbocycles.